The van der Waals surface area contributed by atoms with Crippen molar-refractivity contribution in [1.29, 1.82) is 0 Å². The third kappa shape index (κ3) is 5.79. The Kier molecular flexibility index (Phi) is 7.70. The van der Waals surface area contributed by atoms with Gasteiger partial charge in [-0.15, -0.1) is 0 Å². The highest BCUT2D eigenvalue weighted by atomic mass is 32.7. The minimum Gasteiger partial charge on any atom is -0.364 e. The van der Waals surface area contributed by atoms with Gasteiger partial charge in [-0.25, -0.2) is 19.5 Å². The van der Waals surface area contributed by atoms with E-state index in [-0.39, 0.29) is 49.7 Å². The highest BCUT2D eigenvalue weighted by Gasteiger charge is 2.46. The predicted octanol–water partition coefficient (Wildman–Crippen LogP) is 2.98. The van der Waals surface area contributed by atoms with Crippen LogP contribution in [-0.2, 0) is 39.2 Å². The molecule has 0 spiro atoms. The second-order valence-corrected chi connectivity index (χ2v) is 16.4. The fourth-order valence-corrected chi connectivity index (χ4v) is 8.60. The van der Waals surface area contributed by atoms with Gasteiger partial charge in [-0.2, -0.15) is 0 Å². The normalized spacial score (nSPS) is 35.3. The molecule has 1 aliphatic carbocycles. The van der Waals surface area contributed by atoms with Crippen molar-refractivity contribution in [2.45, 2.75) is 37.2 Å². The van der Waals surface area contributed by atoms with E-state index in [1.54, 1.807) is 46.1 Å². The van der Waals surface area contributed by atoms with E-state index in [4.69, 9.17) is 40.4 Å². The number of primary amides is 1. The van der Waals surface area contributed by atoms with Gasteiger partial charge < -0.3 is 28.9 Å². The quantitative estimate of drug-likeness (QED) is 0.214. The molecule has 1 saturated carbocycles. The monoisotopic (exact) mass is 667 g/mol. The van der Waals surface area contributed by atoms with Gasteiger partial charge in [-0.1, -0.05) is 12.2 Å². The summed E-state index contributed by atoms with van der Waals surface area (Å²) in [7, 11) is 0. The van der Waals surface area contributed by atoms with Crippen molar-refractivity contribution in [3.05, 3.63) is 54.6 Å². The number of ether oxygens (including phenoxy) is 1. The van der Waals surface area contributed by atoms with Crippen molar-refractivity contribution in [3.8, 4) is 0 Å². The molecule has 228 valence electrons. The van der Waals surface area contributed by atoms with Crippen LogP contribution in [0.1, 0.15) is 41.0 Å². The number of fused-ring (bicyclic) bond motifs is 5. The summed E-state index contributed by atoms with van der Waals surface area (Å²) in [5.41, 5.74) is 8.15. The molecule has 43 heavy (non-hydrogen) atoms. The van der Waals surface area contributed by atoms with Crippen LogP contribution in [0.3, 0.4) is 0 Å². The van der Waals surface area contributed by atoms with Crippen molar-refractivity contribution in [2.24, 2.45) is 17.6 Å². The average molecular weight is 668 g/mol. The predicted molar refractivity (Wildman–Crippen MR) is 158 cm³/mol. The maximum Gasteiger partial charge on any atom is 0.386 e. The summed E-state index contributed by atoms with van der Waals surface area (Å²) in [6.07, 6.45) is 6.87. The Morgan fingerprint density at radius 3 is 2.72 bits per heavy atom. The van der Waals surface area contributed by atoms with Gasteiger partial charge in [0, 0.05) is 25.0 Å². The molecular formula is C24H27N7O8P2S2. The molecule has 8 atom stereocenters. The molecule has 3 aliphatic rings. The van der Waals surface area contributed by atoms with Crippen LogP contribution in [0.15, 0.2) is 43.4 Å². The number of nitrogens with zero attached hydrogens (tertiary/aromatic N) is 6. The van der Waals surface area contributed by atoms with Gasteiger partial charge in [-0.05, 0) is 53.7 Å². The average Bonchev–Trinajstić information content (AvgIpc) is 3.68. The van der Waals surface area contributed by atoms with Crippen LogP contribution in [0, 0.1) is 11.8 Å². The lowest BCUT2D eigenvalue weighted by Crippen LogP contribution is -2.40. The van der Waals surface area contributed by atoms with Crippen LogP contribution in [0.5, 0.6) is 0 Å². The van der Waals surface area contributed by atoms with Gasteiger partial charge in [0.15, 0.2) is 16.8 Å². The Morgan fingerprint density at radius 1 is 1.05 bits per heavy atom. The number of hydrogen-bond acceptors (Lipinski definition) is 12. The summed E-state index contributed by atoms with van der Waals surface area (Å²) in [5, 5.41) is 0. The summed E-state index contributed by atoms with van der Waals surface area (Å²) in [6, 6.07) is 3.42. The molecule has 2 saturated heterocycles. The molecule has 1 amide bonds. The van der Waals surface area contributed by atoms with Crippen LogP contribution < -0.4 is 5.73 Å². The molecule has 4 aromatic rings. The van der Waals surface area contributed by atoms with Crippen LogP contribution in [0.4, 0.5) is 0 Å². The minimum atomic E-state index is -3.84. The number of aromatic nitrogens is 6. The molecule has 2 unspecified atom stereocenters. The van der Waals surface area contributed by atoms with Crippen molar-refractivity contribution in [2.75, 3.05) is 19.8 Å². The first-order valence-electron chi connectivity index (χ1n) is 13.4. The minimum absolute atomic E-state index is 0.0232. The van der Waals surface area contributed by atoms with E-state index in [1.807, 2.05) is 0 Å². The Balaban J connectivity index is 1.11. The molecule has 19 heteroatoms. The van der Waals surface area contributed by atoms with E-state index in [1.165, 1.54) is 6.20 Å². The molecule has 7 rings (SSSR count). The molecule has 0 radical (unpaired) electrons. The molecule has 4 aromatic heterocycles. The third-order valence-corrected chi connectivity index (χ3v) is 11.4. The van der Waals surface area contributed by atoms with E-state index in [9.17, 15) is 14.3 Å². The molecule has 3 N–H and O–H groups in total. The first kappa shape index (κ1) is 29.4. The maximum atomic E-state index is 13.2. The first-order valence-corrected chi connectivity index (χ1v) is 18.7. The lowest BCUT2D eigenvalue weighted by Gasteiger charge is -2.45. The van der Waals surface area contributed by atoms with Gasteiger partial charge >= 0.3 is 13.5 Å². The molecule has 6 heterocycles. The second kappa shape index (κ2) is 11.2. The highest BCUT2D eigenvalue weighted by Crippen LogP contribution is 2.58. The largest absolute Gasteiger partial charge is 0.386 e. The van der Waals surface area contributed by atoms with Crippen LogP contribution >= 0.6 is 25.8 Å². The Morgan fingerprint density at radius 2 is 1.88 bits per heavy atom. The van der Waals surface area contributed by atoms with Gasteiger partial charge in [0.05, 0.1) is 32.3 Å². The summed E-state index contributed by atoms with van der Waals surface area (Å²) in [4.78, 5) is 40.0. The standard InChI is InChI=1S/C24H27N7O8P2S2/c25-22(32)17-6-13(1-2-26-17)15-5-14-8-35-41(34,43)39-18-7-20(38-19(18)10-37-40(33,42)36-9-16(14)15)31-12-28-21-23-27-3-4-30(23)11-29-24(21)31/h1-4,6,11-12,14-16,18-20H,5,7-10H2,(H2,25,32)(H,33,42)(H,34,43)/t14-,15+,16-,18+,19-,20-,40?,41?/m1/s1. The van der Waals surface area contributed by atoms with Crippen LogP contribution in [0.2, 0.25) is 0 Å². The van der Waals surface area contributed by atoms with E-state index in [2.05, 4.69) is 32.2 Å². The lowest BCUT2D eigenvalue weighted by atomic mass is 9.63. The summed E-state index contributed by atoms with van der Waals surface area (Å²) >= 11 is 9.59. The number of thiol groups is 1. The topological polar surface area (TPSA) is 187 Å². The fraction of sp³-hybridized carbons (Fsp3) is 0.458. The number of carbonyl (C=O) groups is 1. The third-order valence-electron chi connectivity index (χ3n) is 8.14. The Bertz CT molecular complexity index is 1810. The second-order valence-electron chi connectivity index (χ2n) is 10.7. The zero-order valence-electron chi connectivity index (χ0n) is 22.4. The van der Waals surface area contributed by atoms with Crippen LogP contribution in [0.25, 0.3) is 16.8 Å². The lowest BCUT2D eigenvalue weighted by molar-refractivity contribution is -0.0375. The smallest absolute Gasteiger partial charge is 0.364 e. The SMILES string of the molecule is NC(=O)c1cc([C@@H]2C[C@@H]3COP(O)(=S)O[C@H]4C[C@H](n5cnc6c5ncn5ccnc65)O[C@@H]4COP(=O)(S)OC[C@H]32)ccn1. The number of carbonyl (C=O) groups excluding carboxylic acids is 1. The summed E-state index contributed by atoms with van der Waals surface area (Å²) in [5.74, 6) is -1.03. The van der Waals surface area contributed by atoms with Gasteiger partial charge in [-0.3, -0.25) is 23.3 Å². The van der Waals surface area contributed by atoms with Crippen molar-refractivity contribution >= 4 is 60.3 Å². The highest BCUT2D eigenvalue weighted by molar-refractivity contribution is 8.44. The van der Waals surface area contributed by atoms with Gasteiger partial charge in [0.1, 0.15) is 24.4 Å². The number of pyridine rings is 1. The van der Waals surface area contributed by atoms with Crippen molar-refractivity contribution in [3.63, 3.8) is 0 Å². The zero-order valence-corrected chi connectivity index (χ0v) is 25.9. The van der Waals surface area contributed by atoms with Crippen LogP contribution in [-0.4, -0.2) is 71.7 Å². The number of nitrogens with two attached hydrogens (primary N) is 1. The van der Waals surface area contributed by atoms with Gasteiger partial charge in [0.2, 0.25) is 0 Å². The summed E-state index contributed by atoms with van der Waals surface area (Å²) < 4.78 is 46.1. The molecule has 2 aliphatic heterocycles. The molecule has 3 fully saturated rings. The first-order chi connectivity index (χ1) is 20.6. The zero-order chi connectivity index (χ0) is 29.9. The van der Waals surface area contributed by atoms with Gasteiger partial charge in [0.25, 0.3) is 5.91 Å². The Hall–Kier alpha value is -2.30. The molecule has 15 nitrogen and oxygen atoms in total. The number of hydrogen-bond donors (Lipinski definition) is 3. The summed E-state index contributed by atoms with van der Waals surface area (Å²) in [6.45, 7) is -7.67. The van der Waals surface area contributed by atoms with Crippen molar-refractivity contribution in [1.82, 2.24) is 28.9 Å². The maximum absolute atomic E-state index is 13.2. The Labute approximate surface area is 255 Å². The fourth-order valence-electron chi connectivity index (χ4n) is 5.91. The number of amides is 1. The van der Waals surface area contributed by atoms with Crippen molar-refractivity contribution < 1.29 is 37.1 Å². The van der Waals surface area contributed by atoms with E-state index >= 15 is 0 Å². The molecular weight excluding hydrogens is 640 g/mol. The number of rotatable bonds is 3. The molecule has 0 bridgehead atoms. The van der Waals surface area contributed by atoms with E-state index in [0.717, 1.165) is 5.56 Å². The van der Waals surface area contributed by atoms with E-state index in [0.29, 0.717) is 23.2 Å². The number of imidazole rings is 2. The molecule has 0 aromatic carbocycles. The van der Waals surface area contributed by atoms with E-state index < -0.39 is 37.9 Å².